The maximum atomic E-state index is 12.7. The predicted molar refractivity (Wildman–Crippen MR) is 84.0 cm³/mol. The lowest BCUT2D eigenvalue weighted by atomic mass is 9.91. The van der Waals surface area contributed by atoms with Gasteiger partial charge in [0.15, 0.2) is 0 Å². The number of hydroxylamine groups is 2. The molecule has 1 amide bonds. The summed E-state index contributed by atoms with van der Waals surface area (Å²) in [7, 11) is 0. The number of aromatic nitrogens is 2. The average molecular weight is 317 g/mol. The van der Waals surface area contributed by atoms with E-state index in [0.717, 1.165) is 31.7 Å². The highest BCUT2D eigenvalue weighted by Gasteiger charge is 2.49. The van der Waals surface area contributed by atoms with E-state index < -0.39 is 0 Å². The first-order valence-corrected chi connectivity index (χ1v) is 8.42. The molecule has 2 aliphatic heterocycles. The fraction of sp³-hybridized carbons (Fsp3) is 0.688. The van der Waals surface area contributed by atoms with Gasteiger partial charge in [0.2, 0.25) is 5.91 Å². The summed E-state index contributed by atoms with van der Waals surface area (Å²) in [6.45, 7) is 3.51. The second-order valence-corrected chi connectivity index (χ2v) is 7.03. The van der Waals surface area contributed by atoms with Gasteiger partial charge in [-0.1, -0.05) is 0 Å². The third-order valence-electron chi connectivity index (χ3n) is 5.51. The van der Waals surface area contributed by atoms with Crippen molar-refractivity contribution in [3.63, 3.8) is 0 Å². The molecule has 1 unspecified atom stereocenters. The van der Waals surface area contributed by atoms with Crippen molar-refractivity contribution in [3.8, 4) is 0 Å². The molecular weight excluding hydrogens is 294 g/mol. The van der Waals surface area contributed by atoms with E-state index in [0.29, 0.717) is 25.0 Å². The number of rotatable bonds is 2. The number of hydrogen-bond acceptors (Lipinski definition) is 6. The minimum atomic E-state index is -0.357. The molecule has 1 atom stereocenters. The molecule has 1 spiro atoms. The van der Waals surface area contributed by atoms with Gasteiger partial charge >= 0.3 is 0 Å². The minimum Gasteiger partial charge on any atom is -0.352 e. The molecule has 1 saturated carbocycles. The molecule has 23 heavy (non-hydrogen) atoms. The van der Waals surface area contributed by atoms with Crippen molar-refractivity contribution >= 4 is 11.7 Å². The maximum Gasteiger partial charge on any atom is 0.242 e. The topological polar surface area (TPSA) is 72.8 Å². The Labute approximate surface area is 135 Å². The molecule has 1 aliphatic carbocycles. The Kier molecular flexibility index (Phi) is 3.69. The van der Waals surface area contributed by atoms with Crippen LogP contribution in [0.1, 0.15) is 25.7 Å². The molecule has 3 heterocycles. The van der Waals surface area contributed by atoms with E-state index >= 15 is 0 Å². The Hall–Kier alpha value is -1.73. The Morgan fingerprint density at radius 3 is 2.57 bits per heavy atom. The lowest BCUT2D eigenvalue weighted by Crippen LogP contribution is -2.56. The van der Waals surface area contributed by atoms with E-state index in [1.54, 1.807) is 18.6 Å². The van der Waals surface area contributed by atoms with Crippen LogP contribution in [-0.4, -0.2) is 69.8 Å². The number of carbonyl (C=O) groups is 1. The second-order valence-electron chi connectivity index (χ2n) is 7.03. The highest BCUT2D eigenvalue weighted by Crippen LogP contribution is 2.52. The van der Waals surface area contributed by atoms with Crippen LogP contribution in [0, 0.1) is 5.41 Å². The zero-order valence-electron chi connectivity index (χ0n) is 13.3. The standard InChI is InChI=1S/C16H23N5O2/c22-15(13-1-2-16(3-4-16)12-21(13)23)20-9-7-19(8-10-20)14-11-17-5-6-18-14/h5-6,11,13,23H,1-4,7-10,12H2. The lowest BCUT2D eigenvalue weighted by molar-refractivity contribution is -0.179. The van der Waals surface area contributed by atoms with Crippen LogP contribution in [0.5, 0.6) is 0 Å². The van der Waals surface area contributed by atoms with Crippen LogP contribution >= 0.6 is 0 Å². The maximum absolute atomic E-state index is 12.7. The van der Waals surface area contributed by atoms with Crippen molar-refractivity contribution in [1.82, 2.24) is 19.9 Å². The van der Waals surface area contributed by atoms with Crippen LogP contribution in [0.3, 0.4) is 0 Å². The molecule has 124 valence electrons. The van der Waals surface area contributed by atoms with Gasteiger partial charge in [-0.15, -0.1) is 0 Å². The smallest absolute Gasteiger partial charge is 0.242 e. The quantitative estimate of drug-likeness (QED) is 0.868. The first kappa shape index (κ1) is 14.8. The summed E-state index contributed by atoms with van der Waals surface area (Å²) >= 11 is 0. The summed E-state index contributed by atoms with van der Waals surface area (Å²) in [5.41, 5.74) is 0.316. The summed E-state index contributed by atoms with van der Waals surface area (Å²) in [5.74, 6) is 0.929. The molecule has 3 aliphatic rings. The Balaban J connectivity index is 1.34. The zero-order valence-corrected chi connectivity index (χ0v) is 13.3. The van der Waals surface area contributed by atoms with Crippen molar-refractivity contribution in [1.29, 1.82) is 0 Å². The fourth-order valence-electron chi connectivity index (χ4n) is 3.78. The van der Waals surface area contributed by atoms with Crippen LogP contribution in [-0.2, 0) is 4.79 Å². The van der Waals surface area contributed by atoms with Gasteiger partial charge in [-0.25, -0.2) is 4.98 Å². The van der Waals surface area contributed by atoms with Crippen molar-refractivity contribution in [3.05, 3.63) is 18.6 Å². The Morgan fingerprint density at radius 2 is 1.96 bits per heavy atom. The monoisotopic (exact) mass is 317 g/mol. The largest absolute Gasteiger partial charge is 0.352 e. The minimum absolute atomic E-state index is 0.0711. The molecule has 3 fully saturated rings. The zero-order chi connectivity index (χ0) is 15.9. The van der Waals surface area contributed by atoms with Gasteiger partial charge in [-0.05, 0) is 31.1 Å². The van der Waals surface area contributed by atoms with E-state index in [1.165, 1.54) is 17.9 Å². The number of amides is 1. The van der Waals surface area contributed by atoms with Crippen LogP contribution in [0.15, 0.2) is 18.6 Å². The molecule has 4 rings (SSSR count). The molecule has 1 aromatic rings. The number of piperidine rings is 1. The number of piperazine rings is 1. The third-order valence-corrected chi connectivity index (χ3v) is 5.51. The summed E-state index contributed by atoms with van der Waals surface area (Å²) in [5, 5.41) is 11.5. The summed E-state index contributed by atoms with van der Waals surface area (Å²) in [6.07, 6.45) is 9.34. The van der Waals surface area contributed by atoms with Crippen LogP contribution in [0.25, 0.3) is 0 Å². The highest BCUT2D eigenvalue weighted by molar-refractivity contribution is 5.82. The van der Waals surface area contributed by atoms with Gasteiger partial charge in [0.1, 0.15) is 11.9 Å². The molecule has 2 saturated heterocycles. The van der Waals surface area contributed by atoms with Gasteiger partial charge in [-0.3, -0.25) is 9.78 Å². The Morgan fingerprint density at radius 1 is 1.17 bits per heavy atom. The molecule has 7 nitrogen and oxygen atoms in total. The van der Waals surface area contributed by atoms with E-state index in [-0.39, 0.29) is 11.9 Å². The lowest BCUT2D eigenvalue weighted by Gasteiger charge is -2.40. The van der Waals surface area contributed by atoms with Crippen LogP contribution < -0.4 is 4.90 Å². The molecule has 1 aromatic heterocycles. The summed E-state index contributed by atoms with van der Waals surface area (Å²) < 4.78 is 0. The first-order chi connectivity index (χ1) is 11.2. The first-order valence-electron chi connectivity index (χ1n) is 8.42. The molecule has 7 heteroatoms. The SMILES string of the molecule is O=C(C1CCC2(CC2)CN1O)N1CCN(c2cnccn2)CC1. The molecule has 0 bridgehead atoms. The van der Waals surface area contributed by atoms with Gasteiger partial charge < -0.3 is 15.0 Å². The van der Waals surface area contributed by atoms with Gasteiger partial charge in [-0.2, -0.15) is 5.06 Å². The van der Waals surface area contributed by atoms with E-state index in [1.807, 2.05) is 4.90 Å². The third kappa shape index (κ3) is 2.90. The van der Waals surface area contributed by atoms with Gasteiger partial charge in [0.05, 0.1) is 6.20 Å². The normalized spacial score (nSPS) is 27.3. The average Bonchev–Trinajstić information content (AvgIpc) is 3.34. The van der Waals surface area contributed by atoms with Crippen molar-refractivity contribution in [2.45, 2.75) is 31.7 Å². The molecule has 0 radical (unpaired) electrons. The van der Waals surface area contributed by atoms with Gasteiger partial charge in [0, 0.05) is 45.1 Å². The highest BCUT2D eigenvalue weighted by atomic mass is 16.5. The van der Waals surface area contributed by atoms with Crippen LogP contribution in [0.2, 0.25) is 0 Å². The van der Waals surface area contributed by atoms with Gasteiger partial charge in [0.25, 0.3) is 0 Å². The fourth-order valence-corrected chi connectivity index (χ4v) is 3.78. The van der Waals surface area contributed by atoms with E-state index in [9.17, 15) is 10.0 Å². The number of carbonyl (C=O) groups excluding carboxylic acids is 1. The van der Waals surface area contributed by atoms with Crippen molar-refractivity contribution in [2.75, 3.05) is 37.6 Å². The van der Waals surface area contributed by atoms with Crippen molar-refractivity contribution < 1.29 is 10.0 Å². The number of anilines is 1. The number of hydrogen-bond donors (Lipinski definition) is 1. The molecular formula is C16H23N5O2. The van der Waals surface area contributed by atoms with Crippen molar-refractivity contribution in [2.24, 2.45) is 5.41 Å². The van der Waals surface area contributed by atoms with E-state index in [2.05, 4.69) is 14.9 Å². The second kappa shape index (κ2) is 5.72. The summed E-state index contributed by atoms with van der Waals surface area (Å²) in [4.78, 5) is 25.1. The Bertz CT molecular complexity index is 569. The van der Waals surface area contributed by atoms with E-state index in [4.69, 9.17) is 0 Å². The summed E-state index contributed by atoms with van der Waals surface area (Å²) in [6, 6.07) is -0.357. The predicted octanol–water partition coefficient (Wildman–Crippen LogP) is 0.759. The molecule has 0 aromatic carbocycles. The number of nitrogens with zero attached hydrogens (tertiary/aromatic N) is 5. The molecule has 1 N–H and O–H groups in total. The van der Waals surface area contributed by atoms with Crippen LogP contribution in [0.4, 0.5) is 5.82 Å².